The molecule has 0 spiro atoms. The Balaban J connectivity index is 2.25. The third-order valence-corrected chi connectivity index (χ3v) is 3.40. The van der Waals surface area contributed by atoms with E-state index in [0.717, 1.165) is 25.3 Å². The first kappa shape index (κ1) is 14.8. The molecule has 1 aromatic carbocycles. The maximum absolute atomic E-state index is 5.82. The monoisotopic (exact) mass is 250 g/mol. The van der Waals surface area contributed by atoms with E-state index in [2.05, 4.69) is 25.8 Å². The Labute approximate surface area is 111 Å². The fourth-order valence-corrected chi connectivity index (χ4v) is 2.20. The van der Waals surface area contributed by atoms with Crippen molar-refractivity contribution >= 4 is 5.69 Å². The van der Waals surface area contributed by atoms with Crippen molar-refractivity contribution in [3.63, 3.8) is 0 Å². The molecule has 2 N–H and O–H groups in total. The highest BCUT2D eigenvalue weighted by Crippen LogP contribution is 2.19. The molecular weight excluding hydrogens is 224 g/mol. The van der Waals surface area contributed by atoms with Crippen LogP contribution < -0.4 is 10.5 Å². The summed E-state index contributed by atoms with van der Waals surface area (Å²) in [5.41, 5.74) is 6.53. The molecule has 0 unspecified atom stereocenters. The van der Waals surface area contributed by atoms with E-state index in [-0.39, 0.29) is 0 Å². The molecule has 0 saturated carbocycles. The van der Waals surface area contributed by atoms with Crippen molar-refractivity contribution in [3.8, 4) is 5.75 Å². The summed E-state index contributed by atoms with van der Waals surface area (Å²) in [7, 11) is 2.19. The average Bonchev–Trinajstić information content (AvgIpc) is 2.38. The predicted molar refractivity (Wildman–Crippen MR) is 78.0 cm³/mol. The summed E-state index contributed by atoms with van der Waals surface area (Å²) < 4.78 is 5.68. The standard InChI is InChI=1S/C15H26N2O/c1-4-13(5-2)17(3)11-8-12-18-15-10-7-6-9-14(15)16/h6-7,9-10,13H,4-5,8,11-12,16H2,1-3H3. The Morgan fingerprint density at radius 1 is 1.22 bits per heavy atom. The molecule has 0 saturated heterocycles. The van der Waals surface area contributed by atoms with Crippen LogP contribution in [0.15, 0.2) is 24.3 Å². The van der Waals surface area contributed by atoms with Gasteiger partial charge in [-0.05, 0) is 38.4 Å². The Morgan fingerprint density at radius 3 is 2.50 bits per heavy atom. The minimum absolute atomic E-state index is 0.687. The largest absolute Gasteiger partial charge is 0.491 e. The minimum Gasteiger partial charge on any atom is -0.491 e. The Hall–Kier alpha value is -1.22. The first-order valence-electron chi connectivity index (χ1n) is 6.86. The fourth-order valence-electron chi connectivity index (χ4n) is 2.20. The molecule has 0 heterocycles. The van der Waals surface area contributed by atoms with Gasteiger partial charge < -0.3 is 15.4 Å². The van der Waals surface area contributed by atoms with Crippen LogP contribution in [0.5, 0.6) is 5.75 Å². The Morgan fingerprint density at radius 2 is 1.89 bits per heavy atom. The van der Waals surface area contributed by atoms with Crippen molar-refractivity contribution in [2.24, 2.45) is 0 Å². The first-order valence-corrected chi connectivity index (χ1v) is 6.86. The number of para-hydroxylation sites is 2. The molecule has 1 rings (SSSR count). The molecule has 0 aliphatic heterocycles. The van der Waals surface area contributed by atoms with E-state index in [4.69, 9.17) is 10.5 Å². The van der Waals surface area contributed by atoms with Gasteiger partial charge in [0, 0.05) is 12.6 Å². The van der Waals surface area contributed by atoms with E-state index in [1.807, 2.05) is 24.3 Å². The number of hydrogen-bond acceptors (Lipinski definition) is 3. The maximum atomic E-state index is 5.82. The zero-order valence-electron chi connectivity index (χ0n) is 11.9. The third-order valence-electron chi connectivity index (χ3n) is 3.40. The van der Waals surface area contributed by atoms with Gasteiger partial charge in [-0.3, -0.25) is 0 Å². The molecule has 0 bridgehead atoms. The van der Waals surface area contributed by atoms with E-state index >= 15 is 0 Å². The zero-order valence-corrected chi connectivity index (χ0v) is 11.9. The second kappa shape index (κ2) is 7.98. The molecular formula is C15H26N2O. The van der Waals surface area contributed by atoms with Gasteiger partial charge in [0.2, 0.25) is 0 Å². The molecule has 3 heteroatoms. The molecule has 3 nitrogen and oxygen atoms in total. The minimum atomic E-state index is 0.687. The van der Waals surface area contributed by atoms with Gasteiger partial charge in [-0.2, -0.15) is 0 Å². The van der Waals surface area contributed by atoms with E-state index < -0.39 is 0 Å². The molecule has 0 atom stereocenters. The summed E-state index contributed by atoms with van der Waals surface area (Å²) in [6, 6.07) is 8.34. The van der Waals surface area contributed by atoms with Gasteiger partial charge in [0.05, 0.1) is 12.3 Å². The molecule has 102 valence electrons. The van der Waals surface area contributed by atoms with E-state index in [9.17, 15) is 0 Å². The number of nitrogens with zero attached hydrogens (tertiary/aromatic N) is 1. The zero-order chi connectivity index (χ0) is 13.4. The van der Waals surface area contributed by atoms with Gasteiger partial charge in [0.25, 0.3) is 0 Å². The molecule has 0 fully saturated rings. The van der Waals surface area contributed by atoms with Crippen molar-refractivity contribution in [1.29, 1.82) is 0 Å². The van der Waals surface area contributed by atoms with Crippen LogP contribution in [0.25, 0.3) is 0 Å². The van der Waals surface area contributed by atoms with Crippen LogP contribution in [0, 0.1) is 0 Å². The number of ether oxygens (including phenoxy) is 1. The van der Waals surface area contributed by atoms with Crippen LogP contribution >= 0.6 is 0 Å². The van der Waals surface area contributed by atoms with Gasteiger partial charge in [-0.15, -0.1) is 0 Å². The quantitative estimate of drug-likeness (QED) is 0.569. The number of anilines is 1. The van der Waals surface area contributed by atoms with Crippen molar-refractivity contribution in [1.82, 2.24) is 4.90 Å². The molecule has 0 aromatic heterocycles. The van der Waals surface area contributed by atoms with Crippen LogP contribution in [-0.2, 0) is 0 Å². The van der Waals surface area contributed by atoms with Crippen LogP contribution in [0.2, 0.25) is 0 Å². The van der Waals surface area contributed by atoms with E-state index in [0.29, 0.717) is 11.7 Å². The topological polar surface area (TPSA) is 38.5 Å². The van der Waals surface area contributed by atoms with E-state index in [1.54, 1.807) is 0 Å². The SMILES string of the molecule is CCC(CC)N(C)CCCOc1ccccc1N. The lowest BCUT2D eigenvalue weighted by Gasteiger charge is -2.25. The summed E-state index contributed by atoms with van der Waals surface area (Å²) in [5, 5.41) is 0. The molecule has 0 radical (unpaired) electrons. The smallest absolute Gasteiger partial charge is 0.142 e. The molecule has 18 heavy (non-hydrogen) atoms. The number of nitrogen functional groups attached to an aromatic ring is 1. The first-order chi connectivity index (χ1) is 8.69. The van der Waals surface area contributed by atoms with Gasteiger partial charge >= 0.3 is 0 Å². The highest BCUT2D eigenvalue weighted by atomic mass is 16.5. The Bertz CT molecular complexity index is 337. The number of rotatable bonds is 8. The van der Waals surface area contributed by atoms with Crippen molar-refractivity contribution in [2.45, 2.75) is 39.2 Å². The average molecular weight is 250 g/mol. The lowest BCUT2D eigenvalue weighted by Crippen LogP contribution is -2.32. The highest BCUT2D eigenvalue weighted by Gasteiger charge is 2.09. The van der Waals surface area contributed by atoms with Gasteiger partial charge in [0.1, 0.15) is 5.75 Å². The summed E-state index contributed by atoms with van der Waals surface area (Å²) >= 11 is 0. The lowest BCUT2D eigenvalue weighted by atomic mass is 10.1. The van der Waals surface area contributed by atoms with Gasteiger partial charge in [-0.1, -0.05) is 26.0 Å². The van der Waals surface area contributed by atoms with Gasteiger partial charge in [0.15, 0.2) is 0 Å². The molecule has 0 amide bonds. The summed E-state index contributed by atoms with van der Waals surface area (Å²) in [6.45, 7) is 6.27. The second-order valence-electron chi connectivity index (χ2n) is 4.69. The predicted octanol–water partition coefficient (Wildman–Crippen LogP) is 3.16. The number of nitrogens with two attached hydrogens (primary N) is 1. The van der Waals surface area contributed by atoms with Crippen LogP contribution in [-0.4, -0.2) is 31.1 Å². The molecule has 1 aromatic rings. The van der Waals surface area contributed by atoms with E-state index in [1.165, 1.54) is 12.8 Å². The number of benzene rings is 1. The summed E-state index contributed by atoms with van der Waals surface area (Å²) in [6.07, 6.45) is 3.44. The normalized spacial score (nSPS) is 11.2. The highest BCUT2D eigenvalue weighted by molar-refractivity contribution is 5.51. The fraction of sp³-hybridized carbons (Fsp3) is 0.600. The van der Waals surface area contributed by atoms with Crippen molar-refractivity contribution in [2.75, 3.05) is 25.9 Å². The van der Waals surface area contributed by atoms with Crippen LogP contribution in [0.4, 0.5) is 5.69 Å². The summed E-state index contributed by atoms with van der Waals surface area (Å²) in [4.78, 5) is 2.41. The summed E-state index contributed by atoms with van der Waals surface area (Å²) in [5.74, 6) is 0.794. The molecule has 0 aliphatic rings. The second-order valence-corrected chi connectivity index (χ2v) is 4.69. The molecule has 0 aliphatic carbocycles. The van der Waals surface area contributed by atoms with Crippen molar-refractivity contribution < 1.29 is 4.74 Å². The third kappa shape index (κ3) is 4.57. The van der Waals surface area contributed by atoms with Crippen LogP contribution in [0.1, 0.15) is 33.1 Å². The maximum Gasteiger partial charge on any atom is 0.142 e. The van der Waals surface area contributed by atoms with Crippen LogP contribution in [0.3, 0.4) is 0 Å². The lowest BCUT2D eigenvalue weighted by molar-refractivity contribution is 0.205. The Kier molecular flexibility index (Phi) is 6.58. The van der Waals surface area contributed by atoms with Crippen molar-refractivity contribution in [3.05, 3.63) is 24.3 Å². The van der Waals surface area contributed by atoms with Gasteiger partial charge in [-0.25, -0.2) is 0 Å². The number of hydrogen-bond donors (Lipinski definition) is 1.